The third-order valence-electron chi connectivity index (χ3n) is 5.50. The number of carbonyl (C=O) groups excluding carboxylic acids is 1. The van der Waals surface area contributed by atoms with E-state index < -0.39 is 0 Å². The van der Waals surface area contributed by atoms with Gasteiger partial charge in [-0.15, -0.1) is 0 Å². The normalized spacial score (nSPS) is 18.6. The Labute approximate surface area is 159 Å². The summed E-state index contributed by atoms with van der Waals surface area (Å²) < 4.78 is 0. The Bertz CT molecular complexity index is 817. The number of carbonyl (C=O) groups is 1. The highest BCUT2D eigenvalue weighted by atomic mass is 35.5. The average molecular weight is 371 g/mol. The van der Waals surface area contributed by atoms with E-state index in [2.05, 4.69) is 39.1 Å². The lowest BCUT2D eigenvalue weighted by atomic mass is 9.95. The molecule has 4 rings (SSSR count). The summed E-state index contributed by atoms with van der Waals surface area (Å²) in [5, 5.41) is 0.329. The molecule has 5 nitrogen and oxygen atoms in total. The Kier molecular flexibility index (Phi) is 4.92. The van der Waals surface area contributed by atoms with Crippen molar-refractivity contribution >= 4 is 17.5 Å². The highest BCUT2D eigenvalue weighted by Crippen LogP contribution is 2.26. The van der Waals surface area contributed by atoms with Crippen molar-refractivity contribution < 1.29 is 4.79 Å². The lowest BCUT2D eigenvalue weighted by Gasteiger charge is -2.40. The molecule has 2 aliphatic heterocycles. The molecular weight excluding hydrogens is 348 g/mol. The van der Waals surface area contributed by atoms with Gasteiger partial charge in [0.25, 0.3) is 5.91 Å². The molecule has 0 unspecified atom stereocenters. The minimum atomic E-state index is -0.0806. The number of nitrogens with zero attached hydrogens (tertiary/aromatic N) is 4. The second kappa shape index (κ2) is 7.33. The summed E-state index contributed by atoms with van der Waals surface area (Å²) in [6.45, 7) is 5.40. The van der Waals surface area contributed by atoms with Crippen LogP contribution in [0.15, 0.2) is 30.5 Å². The van der Waals surface area contributed by atoms with Crippen LogP contribution in [-0.2, 0) is 13.0 Å². The van der Waals surface area contributed by atoms with Crippen molar-refractivity contribution in [2.24, 2.45) is 0 Å². The van der Waals surface area contributed by atoms with Gasteiger partial charge in [0.05, 0.1) is 11.2 Å². The second-order valence-corrected chi connectivity index (χ2v) is 7.53. The summed E-state index contributed by atoms with van der Waals surface area (Å²) in [6, 6.07) is 9.26. The van der Waals surface area contributed by atoms with Gasteiger partial charge in [-0.1, -0.05) is 35.9 Å². The first-order valence-corrected chi connectivity index (χ1v) is 9.59. The topological polar surface area (TPSA) is 49.3 Å². The van der Waals surface area contributed by atoms with E-state index in [9.17, 15) is 4.79 Å². The van der Waals surface area contributed by atoms with Crippen molar-refractivity contribution in [2.45, 2.75) is 38.8 Å². The van der Waals surface area contributed by atoms with Crippen molar-refractivity contribution in [3.05, 3.63) is 58.1 Å². The van der Waals surface area contributed by atoms with Crippen LogP contribution in [0, 0.1) is 6.92 Å². The first kappa shape index (κ1) is 17.4. The number of hydrogen-bond donors (Lipinski definition) is 0. The average Bonchev–Trinajstić information content (AvgIpc) is 2.69. The molecule has 2 aliphatic rings. The van der Waals surface area contributed by atoms with Gasteiger partial charge in [0.15, 0.2) is 5.69 Å². The fourth-order valence-corrected chi connectivity index (χ4v) is 4.19. The Balaban J connectivity index is 1.39. The van der Waals surface area contributed by atoms with E-state index in [1.165, 1.54) is 17.3 Å². The van der Waals surface area contributed by atoms with Crippen molar-refractivity contribution in [3.63, 3.8) is 0 Å². The Morgan fingerprint density at radius 1 is 1.15 bits per heavy atom. The zero-order chi connectivity index (χ0) is 18.1. The highest BCUT2D eigenvalue weighted by molar-refractivity contribution is 6.33. The molecule has 0 bridgehead atoms. The summed E-state index contributed by atoms with van der Waals surface area (Å²) in [7, 11) is 0. The molecule has 0 aliphatic carbocycles. The van der Waals surface area contributed by atoms with E-state index in [0.29, 0.717) is 22.6 Å². The molecule has 1 amide bonds. The highest BCUT2D eigenvalue weighted by Gasteiger charge is 2.30. The molecule has 6 heteroatoms. The third-order valence-corrected chi connectivity index (χ3v) is 5.77. The van der Waals surface area contributed by atoms with E-state index in [1.807, 2.05) is 4.90 Å². The van der Waals surface area contributed by atoms with Crippen LogP contribution in [0.4, 0.5) is 0 Å². The van der Waals surface area contributed by atoms with Crippen LogP contribution in [0.2, 0.25) is 5.02 Å². The first-order chi connectivity index (χ1) is 12.6. The number of likely N-dealkylation sites (tertiary alicyclic amines) is 1. The Hall–Kier alpha value is -1.98. The minimum absolute atomic E-state index is 0.0806. The van der Waals surface area contributed by atoms with Gasteiger partial charge in [-0.05, 0) is 37.3 Å². The molecule has 3 heterocycles. The number of benzene rings is 1. The van der Waals surface area contributed by atoms with Gasteiger partial charge >= 0.3 is 0 Å². The summed E-state index contributed by atoms with van der Waals surface area (Å²) in [5.41, 5.74) is 3.25. The van der Waals surface area contributed by atoms with Crippen LogP contribution in [0.1, 0.15) is 40.3 Å². The lowest BCUT2D eigenvalue weighted by molar-refractivity contribution is 0.0594. The molecule has 0 N–H and O–H groups in total. The predicted molar refractivity (Wildman–Crippen MR) is 101 cm³/mol. The molecule has 2 aromatic rings. The molecule has 0 spiro atoms. The van der Waals surface area contributed by atoms with Gasteiger partial charge in [-0.25, -0.2) is 9.97 Å². The van der Waals surface area contributed by atoms with Crippen LogP contribution >= 0.6 is 11.6 Å². The standard InChI is InChI=1S/C20H23ClN4O/c1-14-22-12-18(21)19(23-14)20(26)24-10-7-17(8-11-24)25-9-6-15-4-2-3-5-16(15)13-25/h2-5,12,17H,6-11,13H2,1H3. The molecule has 1 aromatic heterocycles. The fourth-order valence-electron chi connectivity index (χ4n) is 4.02. The number of fused-ring (bicyclic) bond motifs is 1. The van der Waals surface area contributed by atoms with Crippen molar-refractivity contribution in [3.8, 4) is 0 Å². The molecule has 26 heavy (non-hydrogen) atoms. The van der Waals surface area contributed by atoms with Crippen LogP contribution in [-0.4, -0.2) is 51.4 Å². The van der Waals surface area contributed by atoms with E-state index in [0.717, 1.165) is 45.4 Å². The third kappa shape index (κ3) is 3.46. The number of amides is 1. The minimum Gasteiger partial charge on any atom is -0.337 e. The van der Waals surface area contributed by atoms with Gasteiger partial charge < -0.3 is 4.90 Å². The van der Waals surface area contributed by atoms with Crippen LogP contribution in [0.5, 0.6) is 0 Å². The maximum absolute atomic E-state index is 12.8. The number of hydrogen-bond acceptors (Lipinski definition) is 4. The summed E-state index contributed by atoms with van der Waals surface area (Å²) in [5.74, 6) is 0.488. The molecule has 1 fully saturated rings. The first-order valence-electron chi connectivity index (χ1n) is 9.21. The van der Waals surface area contributed by atoms with Gasteiger partial charge in [-0.3, -0.25) is 9.69 Å². The Morgan fingerprint density at radius 3 is 2.65 bits per heavy atom. The van der Waals surface area contributed by atoms with Crippen molar-refractivity contribution in [1.29, 1.82) is 0 Å². The van der Waals surface area contributed by atoms with E-state index in [1.54, 1.807) is 6.92 Å². The fraction of sp³-hybridized carbons (Fsp3) is 0.450. The lowest BCUT2D eigenvalue weighted by Crippen LogP contribution is -2.48. The summed E-state index contributed by atoms with van der Waals surface area (Å²) in [4.78, 5) is 25.5. The smallest absolute Gasteiger partial charge is 0.274 e. The number of rotatable bonds is 2. The zero-order valence-electron chi connectivity index (χ0n) is 15.0. The van der Waals surface area contributed by atoms with E-state index in [4.69, 9.17) is 11.6 Å². The monoisotopic (exact) mass is 370 g/mol. The maximum Gasteiger partial charge on any atom is 0.274 e. The van der Waals surface area contributed by atoms with Crippen LogP contribution in [0.3, 0.4) is 0 Å². The van der Waals surface area contributed by atoms with Gasteiger partial charge in [-0.2, -0.15) is 0 Å². The molecular formula is C20H23ClN4O. The van der Waals surface area contributed by atoms with Crippen LogP contribution in [0.25, 0.3) is 0 Å². The SMILES string of the molecule is Cc1ncc(Cl)c(C(=O)N2CCC(N3CCc4ccccc4C3)CC2)n1. The number of aryl methyl sites for hydroxylation is 1. The van der Waals surface area contributed by atoms with Crippen molar-refractivity contribution in [2.75, 3.05) is 19.6 Å². The summed E-state index contributed by atoms with van der Waals surface area (Å²) in [6.07, 6.45) is 4.62. The molecule has 0 atom stereocenters. The van der Waals surface area contributed by atoms with E-state index >= 15 is 0 Å². The Morgan fingerprint density at radius 2 is 1.88 bits per heavy atom. The van der Waals surface area contributed by atoms with Gasteiger partial charge in [0.2, 0.25) is 0 Å². The number of piperidine rings is 1. The molecule has 1 aromatic carbocycles. The van der Waals surface area contributed by atoms with Crippen molar-refractivity contribution in [1.82, 2.24) is 19.8 Å². The zero-order valence-corrected chi connectivity index (χ0v) is 15.7. The van der Waals surface area contributed by atoms with Crippen LogP contribution < -0.4 is 0 Å². The van der Waals surface area contributed by atoms with Gasteiger partial charge in [0.1, 0.15) is 5.82 Å². The second-order valence-electron chi connectivity index (χ2n) is 7.13. The quantitative estimate of drug-likeness (QED) is 0.815. The predicted octanol–water partition coefficient (Wildman–Crippen LogP) is 3.10. The number of aromatic nitrogens is 2. The molecule has 0 saturated carbocycles. The largest absolute Gasteiger partial charge is 0.337 e. The van der Waals surface area contributed by atoms with E-state index in [-0.39, 0.29) is 5.91 Å². The molecule has 0 radical (unpaired) electrons. The molecule has 136 valence electrons. The molecule has 1 saturated heterocycles. The maximum atomic E-state index is 12.8. The summed E-state index contributed by atoms with van der Waals surface area (Å²) >= 11 is 6.13. The number of halogens is 1. The van der Waals surface area contributed by atoms with Gasteiger partial charge in [0, 0.05) is 32.2 Å².